The lowest BCUT2D eigenvalue weighted by molar-refractivity contribution is -0.137. The number of nitrogens with zero attached hydrogens (tertiary/aromatic N) is 1. The molecule has 0 spiro atoms. The maximum atomic E-state index is 13.1. The molecule has 128 valence electrons. The number of benzene rings is 2. The van der Waals surface area contributed by atoms with Crippen molar-refractivity contribution in [1.29, 1.82) is 0 Å². The van der Waals surface area contributed by atoms with Gasteiger partial charge in [-0.15, -0.1) is 0 Å². The Morgan fingerprint density at radius 3 is 2.38 bits per heavy atom. The molecule has 6 heteroatoms. The third-order valence-electron chi connectivity index (χ3n) is 4.65. The molecule has 0 radical (unpaired) electrons. The van der Waals surface area contributed by atoms with Gasteiger partial charge in [0.1, 0.15) is 0 Å². The first kappa shape index (κ1) is 17.4. The summed E-state index contributed by atoms with van der Waals surface area (Å²) in [7, 11) is 1.82. The standard InChI is InChI=1S/C18H16Cl2F3N/c1-10-6-11(18(21,22)23)7-17-13(10)8-12(24(17)2)9-14-15(19)4-3-5-16(14)20/h3-7,12H,8-9H2,1-2H3. The summed E-state index contributed by atoms with van der Waals surface area (Å²) in [5, 5.41) is 1.17. The topological polar surface area (TPSA) is 3.24 Å². The minimum absolute atomic E-state index is 0.0274. The van der Waals surface area contributed by atoms with E-state index >= 15 is 0 Å². The second-order valence-corrected chi connectivity index (χ2v) is 6.98. The number of hydrogen-bond donors (Lipinski definition) is 0. The molecule has 2 aromatic carbocycles. The fourth-order valence-corrected chi connectivity index (χ4v) is 3.84. The van der Waals surface area contributed by atoms with E-state index in [1.807, 2.05) is 11.9 Å². The Hall–Kier alpha value is -1.39. The number of anilines is 1. The Bertz CT molecular complexity index is 766. The van der Waals surface area contributed by atoms with Crippen molar-refractivity contribution in [2.75, 3.05) is 11.9 Å². The molecule has 1 aliphatic rings. The summed E-state index contributed by atoms with van der Waals surface area (Å²) in [4.78, 5) is 1.90. The predicted molar refractivity (Wildman–Crippen MR) is 92.2 cm³/mol. The molecule has 1 unspecified atom stereocenters. The predicted octanol–water partition coefficient (Wildman–Crippen LogP) is 5.92. The molecule has 0 fully saturated rings. The number of fused-ring (bicyclic) bond motifs is 1. The molecule has 0 N–H and O–H groups in total. The van der Waals surface area contributed by atoms with Gasteiger partial charge in [0.15, 0.2) is 0 Å². The molecular weight excluding hydrogens is 358 g/mol. The van der Waals surface area contributed by atoms with Crippen LogP contribution in [-0.2, 0) is 19.0 Å². The van der Waals surface area contributed by atoms with E-state index in [0.717, 1.165) is 11.1 Å². The third-order valence-corrected chi connectivity index (χ3v) is 5.35. The number of alkyl halides is 3. The quantitative estimate of drug-likeness (QED) is 0.630. The van der Waals surface area contributed by atoms with Gasteiger partial charge in [0.2, 0.25) is 0 Å². The zero-order valence-electron chi connectivity index (χ0n) is 13.2. The van der Waals surface area contributed by atoms with Gasteiger partial charge in [0.05, 0.1) is 5.56 Å². The second-order valence-electron chi connectivity index (χ2n) is 6.16. The molecule has 0 amide bonds. The van der Waals surface area contributed by atoms with Crippen LogP contribution in [0.25, 0.3) is 0 Å². The molecule has 1 nitrogen and oxygen atoms in total. The van der Waals surface area contributed by atoms with Gasteiger partial charge in [0.25, 0.3) is 0 Å². The van der Waals surface area contributed by atoms with Gasteiger partial charge >= 0.3 is 6.18 Å². The first-order valence-corrected chi connectivity index (χ1v) is 8.30. The van der Waals surface area contributed by atoms with Crippen LogP contribution in [0.5, 0.6) is 0 Å². The van der Waals surface area contributed by atoms with E-state index in [9.17, 15) is 13.2 Å². The molecule has 0 saturated heterocycles. The lowest BCUT2D eigenvalue weighted by Gasteiger charge is -2.24. The van der Waals surface area contributed by atoms with E-state index in [1.54, 1.807) is 25.1 Å². The molecule has 1 aliphatic heterocycles. The fourth-order valence-electron chi connectivity index (χ4n) is 3.28. The van der Waals surface area contributed by atoms with Gasteiger partial charge in [-0.25, -0.2) is 0 Å². The Balaban J connectivity index is 1.94. The van der Waals surface area contributed by atoms with Gasteiger partial charge in [-0.2, -0.15) is 13.2 Å². The summed E-state index contributed by atoms with van der Waals surface area (Å²) < 4.78 is 39.2. The van der Waals surface area contributed by atoms with Crippen molar-refractivity contribution in [3.05, 3.63) is 62.6 Å². The van der Waals surface area contributed by atoms with Gasteiger partial charge < -0.3 is 4.90 Å². The van der Waals surface area contributed by atoms with Crippen LogP contribution in [0.2, 0.25) is 10.0 Å². The Morgan fingerprint density at radius 2 is 1.79 bits per heavy atom. The van der Waals surface area contributed by atoms with E-state index in [4.69, 9.17) is 23.2 Å². The number of aryl methyl sites for hydroxylation is 1. The largest absolute Gasteiger partial charge is 0.416 e. The van der Waals surface area contributed by atoms with Gasteiger partial charge in [0, 0.05) is 28.8 Å². The molecule has 0 aliphatic carbocycles. The van der Waals surface area contributed by atoms with Crippen LogP contribution < -0.4 is 4.90 Å². The van der Waals surface area contributed by atoms with Crippen LogP contribution in [0, 0.1) is 6.92 Å². The molecule has 0 aromatic heterocycles. The van der Waals surface area contributed by atoms with Gasteiger partial charge in [-0.1, -0.05) is 29.3 Å². The molecule has 3 rings (SSSR count). The van der Waals surface area contributed by atoms with Crippen molar-refractivity contribution in [3.8, 4) is 0 Å². The highest BCUT2D eigenvalue weighted by molar-refractivity contribution is 6.36. The minimum atomic E-state index is -4.34. The maximum Gasteiger partial charge on any atom is 0.416 e. The molecule has 0 saturated carbocycles. The van der Waals surface area contributed by atoms with E-state index in [0.29, 0.717) is 34.1 Å². The normalized spacial score (nSPS) is 17.3. The number of hydrogen-bond acceptors (Lipinski definition) is 1. The SMILES string of the molecule is Cc1cc(C(F)(F)F)cc2c1CC(Cc1c(Cl)cccc1Cl)N2C. The highest BCUT2D eigenvalue weighted by Gasteiger charge is 2.35. The first-order chi connectivity index (χ1) is 11.2. The van der Waals surface area contributed by atoms with Crippen LogP contribution in [0.1, 0.15) is 22.3 Å². The summed E-state index contributed by atoms with van der Waals surface area (Å²) in [5.74, 6) is 0. The van der Waals surface area contributed by atoms with Crippen LogP contribution in [-0.4, -0.2) is 13.1 Å². The Kier molecular flexibility index (Phi) is 4.47. The third kappa shape index (κ3) is 3.09. The molecule has 24 heavy (non-hydrogen) atoms. The average Bonchev–Trinajstić information content (AvgIpc) is 2.80. The highest BCUT2D eigenvalue weighted by atomic mass is 35.5. The van der Waals surface area contributed by atoms with E-state index in [1.165, 1.54) is 12.1 Å². The number of rotatable bonds is 2. The summed E-state index contributed by atoms with van der Waals surface area (Å²) in [6.07, 6.45) is -3.08. The monoisotopic (exact) mass is 373 g/mol. The smallest absolute Gasteiger partial charge is 0.371 e. The van der Waals surface area contributed by atoms with Gasteiger partial charge in [-0.05, 0) is 60.7 Å². The Labute approximate surface area is 149 Å². The summed E-state index contributed by atoms with van der Waals surface area (Å²) in [5.41, 5.74) is 2.48. The number of halogens is 5. The maximum absolute atomic E-state index is 13.1. The average molecular weight is 374 g/mol. The highest BCUT2D eigenvalue weighted by Crippen LogP contribution is 2.41. The van der Waals surface area contributed by atoms with Gasteiger partial charge in [-0.3, -0.25) is 0 Å². The zero-order chi connectivity index (χ0) is 17.6. The Morgan fingerprint density at radius 1 is 1.17 bits per heavy atom. The molecule has 1 atom stereocenters. The van der Waals surface area contributed by atoms with Crippen molar-refractivity contribution in [2.45, 2.75) is 32.0 Å². The van der Waals surface area contributed by atoms with Crippen molar-refractivity contribution >= 4 is 28.9 Å². The van der Waals surface area contributed by atoms with Crippen LogP contribution in [0.3, 0.4) is 0 Å². The van der Waals surface area contributed by atoms with Crippen molar-refractivity contribution in [2.24, 2.45) is 0 Å². The van der Waals surface area contributed by atoms with Crippen LogP contribution in [0.4, 0.5) is 18.9 Å². The second kappa shape index (κ2) is 6.16. The first-order valence-electron chi connectivity index (χ1n) is 7.55. The van der Waals surface area contributed by atoms with E-state index in [2.05, 4.69) is 0 Å². The molecule has 1 heterocycles. The van der Waals surface area contributed by atoms with Crippen molar-refractivity contribution in [1.82, 2.24) is 0 Å². The van der Waals surface area contributed by atoms with Crippen LogP contribution >= 0.6 is 23.2 Å². The molecular formula is C18H16Cl2F3N. The van der Waals surface area contributed by atoms with E-state index in [-0.39, 0.29) is 6.04 Å². The minimum Gasteiger partial charge on any atom is -0.371 e. The van der Waals surface area contributed by atoms with Crippen molar-refractivity contribution in [3.63, 3.8) is 0 Å². The lowest BCUT2D eigenvalue weighted by atomic mass is 9.98. The number of likely N-dealkylation sites (N-methyl/N-ethyl adjacent to an activating group) is 1. The van der Waals surface area contributed by atoms with Crippen LogP contribution in [0.15, 0.2) is 30.3 Å². The lowest BCUT2D eigenvalue weighted by Crippen LogP contribution is -2.30. The van der Waals surface area contributed by atoms with E-state index < -0.39 is 11.7 Å². The summed E-state index contributed by atoms with van der Waals surface area (Å²) in [6.45, 7) is 1.73. The molecule has 2 aromatic rings. The summed E-state index contributed by atoms with van der Waals surface area (Å²) in [6, 6.07) is 7.81. The summed E-state index contributed by atoms with van der Waals surface area (Å²) >= 11 is 12.5. The molecule has 0 bridgehead atoms. The van der Waals surface area contributed by atoms with Crippen molar-refractivity contribution < 1.29 is 13.2 Å². The fraction of sp³-hybridized carbons (Fsp3) is 0.333. The zero-order valence-corrected chi connectivity index (χ0v) is 14.7.